The number of benzene rings is 1. The number of nitrogens with one attached hydrogen (secondary N) is 1. The van der Waals surface area contributed by atoms with Crippen molar-refractivity contribution in [2.45, 2.75) is 25.3 Å². The molecule has 0 spiro atoms. The molecule has 2 atom stereocenters. The van der Waals surface area contributed by atoms with Gasteiger partial charge in [0.15, 0.2) is 0 Å². The van der Waals surface area contributed by atoms with Crippen LogP contribution in [0.15, 0.2) is 24.3 Å². The number of nitrogens with zero attached hydrogens (tertiary/aromatic N) is 1. The van der Waals surface area contributed by atoms with Gasteiger partial charge < -0.3 is 11.1 Å². The highest BCUT2D eigenvalue weighted by Gasteiger charge is 2.27. The van der Waals surface area contributed by atoms with Gasteiger partial charge in [-0.1, -0.05) is 6.42 Å². The molecule has 1 fully saturated rings. The van der Waals surface area contributed by atoms with E-state index in [1.54, 1.807) is 24.3 Å². The van der Waals surface area contributed by atoms with Crippen molar-refractivity contribution in [3.63, 3.8) is 0 Å². The first-order valence-corrected chi connectivity index (χ1v) is 6.25. The molecule has 0 aromatic heterocycles. The number of amides is 1. The highest BCUT2D eigenvalue weighted by Crippen LogP contribution is 2.24. The first-order chi connectivity index (χ1) is 8.74. The molecule has 2 unspecified atom stereocenters. The predicted molar refractivity (Wildman–Crippen MR) is 68.8 cm³/mol. The van der Waals surface area contributed by atoms with E-state index in [1.165, 1.54) is 0 Å². The summed E-state index contributed by atoms with van der Waals surface area (Å²) in [5.74, 6) is 0.317. The van der Waals surface area contributed by atoms with Gasteiger partial charge in [-0.15, -0.1) is 0 Å². The number of carbonyl (C=O) groups is 1. The lowest BCUT2D eigenvalue weighted by Crippen LogP contribution is -2.39. The molecular formula is C14H17N3O. The number of hydrogen-bond acceptors (Lipinski definition) is 3. The van der Waals surface area contributed by atoms with Crippen molar-refractivity contribution in [1.82, 2.24) is 5.32 Å². The van der Waals surface area contributed by atoms with Gasteiger partial charge in [0.1, 0.15) is 0 Å². The highest BCUT2D eigenvalue weighted by molar-refractivity contribution is 5.94. The Morgan fingerprint density at radius 3 is 2.72 bits per heavy atom. The summed E-state index contributed by atoms with van der Waals surface area (Å²) >= 11 is 0. The van der Waals surface area contributed by atoms with Gasteiger partial charge in [0.2, 0.25) is 0 Å². The van der Waals surface area contributed by atoms with Crippen LogP contribution in [0.1, 0.15) is 35.2 Å². The summed E-state index contributed by atoms with van der Waals surface area (Å²) in [6.07, 6.45) is 3.22. The molecule has 4 nitrogen and oxygen atoms in total. The number of carbonyl (C=O) groups excluding carboxylic acids is 1. The molecule has 0 radical (unpaired) electrons. The average molecular weight is 243 g/mol. The van der Waals surface area contributed by atoms with Gasteiger partial charge in [0, 0.05) is 11.6 Å². The molecule has 1 amide bonds. The van der Waals surface area contributed by atoms with E-state index in [0.717, 1.165) is 19.3 Å². The van der Waals surface area contributed by atoms with Crippen molar-refractivity contribution in [1.29, 1.82) is 5.26 Å². The Labute approximate surface area is 107 Å². The zero-order chi connectivity index (χ0) is 13.0. The van der Waals surface area contributed by atoms with Gasteiger partial charge in [-0.05, 0) is 49.6 Å². The van der Waals surface area contributed by atoms with Crippen LogP contribution < -0.4 is 11.1 Å². The largest absolute Gasteiger partial charge is 0.349 e. The van der Waals surface area contributed by atoms with Crippen LogP contribution in [0.5, 0.6) is 0 Å². The van der Waals surface area contributed by atoms with Crippen LogP contribution in [0.2, 0.25) is 0 Å². The SMILES string of the molecule is N#Cc1ccc(C(=O)NC2CCCC2CN)cc1. The van der Waals surface area contributed by atoms with Crippen LogP contribution >= 0.6 is 0 Å². The molecule has 3 N–H and O–H groups in total. The van der Waals surface area contributed by atoms with E-state index in [2.05, 4.69) is 5.32 Å². The van der Waals surface area contributed by atoms with Crippen LogP contribution in [0.25, 0.3) is 0 Å². The third-order valence-electron chi connectivity index (χ3n) is 3.55. The second-order valence-corrected chi connectivity index (χ2v) is 4.70. The van der Waals surface area contributed by atoms with E-state index in [9.17, 15) is 4.79 Å². The molecule has 0 bridgehead atoms. The van der Waals surface area contributed by atoms with Crippen molar-refractivity contribution in [2.24, 2.45) is 11.7 Å². The summed E-state index contributed by atoms with van der Waals surface area (Å²) in [5, 5.41) is 11.7. The van der Waals surface area contributed by atoms with E-state index in [0.29, 0.717) is 23.6 Å². The lowest BCUT2D eigenvalue weighted by molar-refractivity contribution is 0.0929. The standard InChI is InChI=1S/C14H17N3O/c15-8-10-4-6-11(7-5-10)14(18)17-13-3-1-2-12(13)9-16/h4-7,12-13H,1-3,9,16H2,(H,17,18). The van der Waals surface area contributed by atoms with Crippen LogP contribution in [0.3, 0.4) is 0 Å². The zero-order valence-corrected chi connectivity index (χ0v) is 10.2. The van der Waals surface area contributed by atoms with E-state index in [4.69, 9.17) is 11.0 Å². The molecule has 0 aliphatic heterocycles. The number of nitrogens with two attached hydrogens (primary N) is 1. The smallest absolute Gasteiger partial charge is 0.251 e. The molecule has 1 aliphatic carbocycles. The Morgan fingerprint density at radius 1 is 1.39 bits per heavy atom. The molecule has 94 valence electrons. The van der Waals surface area contributed by atoms with Gasteiger partial charge in [0.05, 0.1) is 11.6 Å². The quantitative estimate of drug-likeness (QED) is 0.842. The molecule has 1 aromatic carbocycles. The maximum Gasteiger partial charge on any atom is 0.251 e. The van der Waals surface area contributed by atoms with Crippen LogP contribution in [0, 0.1) is 17.2 Å². The minimum absolute atomic E-state index is 0.0789. The summed E-state index contributed by atoms with van der Waals surface area (Å²) < 4.78 is 0. The average Bonchev–Trinajstić information content (AvgIpc) is 2.86. The first-order valence-electron chi connectivity index (χ1n) is 6.25. The summed E-state index contributed by atoms with van der Waals surface area (Å²) in [4.78, 5) is 12.0. The Balaban J connectivity index is 2.01. The zero-order valence-electron chi connectivity index (χ0n) is 10.2. The lowest BCUT2D eigenvalue weighted by atomic mass is 10.0. The monoisotopic (exact) mass is 243 g/mol. The van der Waals surface area contributed by atoms with E-state index in [1.807, 2.05) is 6.07 Å². The van der Waals surface area contributed by atoms with Gasteiger partial charge >= 0.3 is 0 Å². The second kappa shape index (κ2) is 5.65. The van der Waals surface area contributed by atoms with Gasteiger partial charge in [-0.3, -0.25) is 4.79 Å². The summed E-state index contributed by atoms with van der Waals surface area (Å²) in [6.45, 7) is 0.623. The molecule has 0 saturated heterocycles. The maximum absolute atomic E-state index is 12.0. The Morgan fingerprint density at radius 2 is 2.11 bits per heavy atom. The van der Waals surface area contributed by atoms with Crippen molar-refractivity contribution in [3.05, 3.63) is 35.4 Å². The van der Waals surface area contributed by atoms with E-state index < -0.39 is 0 Å². The normalized spacial score (nSPS) is 22.4. The lowest BCUT2D eigenvalue weighted by Gasteiger charge is -2.19. The fourth-order valence-electron chi connectivity index (χ4n) is 2.46. The summed E-state index contributed by atoms with van der Waals surface area (Å²) in [7, 11) is 0. The van der Waals surface area contributed by atoms with E-state index >= 15 is 0 Å². The molecule has 18 heavy (non-hydrogen) atoms. The number of hydrogen-bond donors (Lipinski definition) is 2. The summed E-state index contributed by atoms with van der Waals surface area (Å²) in [6, 6.07) is 8.90. The van der Waals surface area contributed by atoms with Crippen LogP contribution in [0.4, 0.5) is 0 Å². The minimum Gasteiger partial charge on any atom is -0.349 e. The maximum atomic E-state index is 12.0. The molecule has 0 heterocycles. The van der Waals surface area contributed by atoms with Gasteiger partial charge in [-0.2, -0.15) is 5.26 Å². The predicted octanol–water partition coefficient (Wildman–Crippen LogP) is 1.42. The van der Waals surface area contributed by atoms with Crippen molar-refractivity contribution >= 4 is 5.91 Å². The summed E-state index contributed by atoms with van der Waals surface area (Å²) in [5.41, 5.74) is 6.85. The Kier molecular flexibility index (Phi) is 3.96. The molecule has 1 aliphatic rings. The molecular weight excluding hydrogens is 226 g/mol. The third-order valence-corrected chi connectivity index (χ3v) is 3.55. The number of nitriles is 1. The van der Waals surface area contributed by atoms with Crippen LogP contribution in [-0.2, 0) is 0 Å². The molecule has 2 rings (SSSR count). The second-order valence-electron chi connectivity index (χ2n) is 4.70. The Hall–Kier alpha value is -1.86. The van der Waals surface area contributed by atoms with Crippen molar-refractivity contribution in [2.75, 3.05) is 6.54 Å². The fourth-order valence-corrected chi connectivity index (χ4v) is 2.46. The van der Waals surface area contributed by atoms with E-state index in [-0.39, 0.29) is 11.9 Å². The fraction of sp³-hybridized carbons (Fsp3) is 0.429. The minimum atomic E-state index is -0.0789. The van der Waals surface area contributed by atoms with Crippen molar-refractivity contribution in [3.8, 4) is 6.07 Å². The van der Waals surface area contributed by atoms with Crippen molar-refractivity contribution < 1.29 is 4.79 Å². The molecule has 4 heteroatoms. The third kappa shape index (κ3) is 2.69. The first kappa shape index (κ1) is 12.6. The molecule has 1 aromatic rings. The van der Waals surface area contributed by atoms with Gasteiger partial charge in [-0.25, -0.2) is 0 Å². The highest BCUT2D eigenvalue weighted by atomic mass is 16.1. The topological polar surface area (TPSA) is 78.9 Å². The van der Waals surface area contributed by atoms with Gasteiger partial charge in [0.25, 0.3) is 5.91 Å². The Bertz CT molecular complexity index is 461. The van der Waals surface area contributed by atoms with Crippen LogP contribution in [-0.4, -0.2) is 18.5 Å². The molecule has 1 saturated carbocycles. The number of rotatable bonds is 3.